The van der Waals surface area contributed by atoms with Gasteiger partial charge in [0.25, 0.3) is 0 Å². The van der Waals surface area contributed by atoms with Crippen molar-refractivity contribution in [3.63, 3.8) is 0 Å². The maximum absolute atomic E-state index is 6.25. The molecule has 0 atom stereocenters. The fourth-order valence-corrected chi connectivity index (χ4v) is 2.74. The lowest BCUT2D eigenvalue weighted by atomic mass is 10.1. The Morgan fingerprint density at radius 1 is 0.762 bits per heavy atom. The molecule has 0 spiro atoms. The number of fused-ring (bicyclic) bond motifs is 3. The van der Waals surface area contributed by atoms with Gasteiger partial charge < -0.3 is 0 Å². The number of hydrogen-bond acceptors (Lipinski definition) is 2. The van der Waals surface area contributed by atoms with Gasteiger partial charge in [-0.25, -0.2) is 4.98 Å². The molecule has 0 aliphatic heterocycles. The zero-order chi connectivity index (χ0) is 14.2. The molecule has 3 heteroatoms. The van der Waals surface area contributed by atoms with Gasteiger partial charge in [0, 0.05) is 22.5 Å². The van der Waals surface area contributed by atoms with Crippen LogP contribution in [0.15, 0.2) is 66.9 Å². The fraction of sp³-hybridized carbons (Fsp3) is 0. The zero-order valence-corrected chi connectivity index (χ0v) is 11.9. The lowest BCUT2D eigenvalue weighted by Gasteiger charge is -2.06. The number of pyridine rings is 2. The molecule has 2 aromatic carbocycles. The van der Waals surface area contributed by atoms with Gasteiger partial charge in [0.15, 0.2) is 0 Å². The minimum absolute atomic E-state index is 0.703. The van der Waals surface area contributed by atoms with Gasteiger partial charge in [0.1, 0.15) is 0 Å². The Bertz CT molecular complexity index is 949. The van der Waals surface area contributed by atoms with Crippen LogP contribution >= 0.6 is 11.6 Å². The topological polar surface area (TPSA) is 25.8 Å². The monoisotopic (exact) mass is 290 g/mol. The van der Waals surface area contributed by atoms with E-state index in [9.17, 15) is 0 Å². The van der Waals surface area contributed by atoms with E-state index in [1.807, 2.05) is 36.4 Å². The number of hydrogen-bond donors (Lipinski definition) is 0. The van der Waals surface area contributed by atoms with E-state index in [4.69, 9.17) is 16.6 Å². The van der Waals surface area contributed by atoms with E-state index in [1.54, 1.807) is 12.3 Å². The van der Waals surface area contributed by atoms with Crippen LogP contribution in [0.5, 0.6) is 0 Å². The van der Waals surface area contributed by atoms with Crippen molar-refractivity contribution in [2.45, 2.75) is 0 Å². The first-order valence-electron chi connectivity index (χ1n) is 6.72. The van der Waals surface area contributed by atoms with Gasteiger partial charge in [-0.2, -0.15) is 0 Å². The minimum Gasteiger partial charge on any atom is -0.254 e. The van der Waals surface area contributed by atoms with Crippen molar-refractivity contribution in [1.82, 2.24) is 9.97 Å². The Balaban J connectivity index is 2.06. The Labute approximate surface area is 127 Å². The summed E-state index contributed by atoms with van der Waals surface area (Å²) in [6.45, 7) is 0. The van der Waals surface area contributed by atoms with Crippen LogP contribution in [-0.4, -0.2) is 9.97 Å². The number of rotatable bonds is 1. The molecule has 21 heavy (non-hydrogen) atoms. The van der Waals surface area contributed by atoms with Crippen LogP contribution in [-0.2, 0) is 0 Å². The molecule has 0 aliphatic carbocycles. The van der Waals surface area contributed by atoms with Crippen molar-refractivity contribution >= 4 is 33.4 Å². The molecule has 2 heterocycles. The van der Waals surface area contributed by atoms with Crippen molar-refractivity contribution in [3.8, 4) is 11.3 Å². The lowest BCUT2D eigenvalue weighted by molar-refractivity contribution is 1.37. The Morgan fingerprint density at radius 2 is 1.57 bits per heavy atom. The van der Waals surface area contributed by atoms with Crippen molar-refractivity contribution in [2.24, 2.45) is 0 Å². The number of halogens is 1. The standard InChI is InChI=1S/C18H11ClN2/c19-15-10-11-20-18-14(15)8-6-13-7-9-16(21-17(13)18)12-4-2-1-3-5-12/h1-11H. The normalized spacial score (nSPS) is 11.1. The molecule has 4 aromatic rings. The fourth-order valence-electron chi connectivity index (χ4n) is 2.53. The van der Waals surface area contributed by atoms with E-state index in [0.717, 1.165) is 33.1 Å². The first-order valence-corrected chi connectivity index (χ1v) is 7.10. The van der Waals surface area contributed by atoms with Crippen LogP contribution in [0.1, 0.15) is 0 Å². The van der Waals surface area contributed by atoms with E-state index in [2.05, 4.69) is 23.2 Å². The summed E-state index contributed by atoms with van der Waals surface area (Å²) in [4.78, 5) is 9.25. The van der Waals surface area contributed by atoms with Gasteiger partial charge in [0.05, 0.1) is 21.7 Å². The van der Waals surface area contributed by atoms with E-state index < -0.39 is 0 Å². The van der Waals surface area contributed by atoms with Crippen LogP contribution in [0.2, 0.25) is 5.02 Å². The van der Waals surface area contributed by atoms with Crippen LogP contribution in [0.4, 0.5) is 0 Å². The third-order valence-corrected chi connectivity index (χ3v) is 3.92. The van der Waals surface area contributed by atoms with Gasteiger partial charge in [-0.1, -0.05) is 60.1 Å². The molecule has 0 N–H and O–H groups in total. The van der Waals surface area contributed by atoms with E-state index in [-0.39, 0.29) is 0 Å². The average molecular weight is 291 g/mol. The highest BCUT2D eigenvalue weighted by atomic mass is 35.5. The molecule has 100 valence electrons. The molecular formula is C18H11ClN2. The number of nitrogens with zero attached hydrogens (tertiary/aromatic N) is 2. The van der Waals surface area contributed by atoms with E-state index >= 15 is 0 Å². The molecule has 0 radical (unpaired) electrons. The highest BCUT2D eigenvalue weighted by molar-refractivity contribution is 6.36. The van der Waals surface area contributed by atoms with Crippen LogP contribution < -0.4 is 0 Å². The van der Waals surface area contributed by atoms with Crippen molar-refractivity contribution < 1.29 is 0 Å². The maximum atomic E-state index is 6.25. The van der Waals surface area contributed by atoms with E-state index in [0.29, 0.717) is 5.02 Å². The third kappa shape index (κ3) is 2.05. The summed E-state index contributed by atoms with van der Waals surface area (Å²) in [5, 5.41) is 2.70. The highest BCUT2D eigenvalue weighted by Gasteiger charge is 2.07. The van der Waals surface area contributed by atoms with Crippen LogP contribution in [0.3, 0.4) is 0 Å². The summed E-state index contributed by atoms with van der Waals surface area (Å²) >= 11 is 6.25. The maximum Gasteiger partial charge on any atom is 0.0979 e. The zero-order valence-electron chi connectivity index (χ0n) is 11.1. The summed E-state index contributed by atoms with van der Waals surface area (Å²) in [5.74, 6) is 0. The summed E-state index contributed by atoms with van der Waals surface area (Å²) in [5.41, 5.74) is 3.77. The third-order valence-electron chi connectivity index (χ3n) is 3.59. The number of aromatic nitrogens is 2. The summed E-state index contributed by atoms with van der Waals surface area (Å²) in [7, 11) is 0. The quantitative estimate of drug-likeness (QED) is 0.456. The minimum atomic E-state index is 0.703. The lowest BCUT2D eigenvalue weighted by Crippen LogP contribution is -1.88. The second-order valence-corrected chi connectivity index (χ2v) is 5.30. The molecule has 2 nitrogen and oxygen atoms in total. The largest absolute Gasteiger partial charge is 0.254 e. The number of benzene rings is 2. The molecule has 2 aromatic heterocycles. The predicted molar refractivity (Wildman–Crippen MR) is 87.5 cm³/mol. The van der Waals surface area contributed by atoms with Gasteiger partial charge in [-0.3, -0.25) is 4.98 Å². The molecular weight excluding hydrogens is 280 g/mol. The van der Waals surface area contributed by atoms with Gasteiger partial charge in [-0.05, 0) is 12.1 Å². The predicted octanol–water partition coefficient (Wildman–Crippen LogP) is 5.10. The molecule has 4 rings (SSSR count). The Morgan fingerprint density at radius 3 is 2.43 bits per heavy atom. The SMILES string of the molecule is Clc1ccnc2c1ccc1ccc(-c3ccccc3)nc12. The molecule has 0 saturated heterocycles. The molecule has 0 aliphatic rings. The van der Waals surface area contributed by atoms with Gasteiger partial charge in [0.2, 0.25) is 0 Å². The smallest absolute Gasteiger partial charge is 0.0979 e. The second-order valence-electron chi connectivity index (χ2n) is 4.89. The van der Waals surface area contributed by atoms with Crippen LogP contribution in [0.25, 0.3) is 33.1 Å². The highest BCUT2D eigenvalue weighted by Crippen LogP contribution is 2.29. The summed E-state index contributed by atoms with van der Waals surface area (Å²) < 4.78 is 0. The Hall–Kier alpha value is -2.45. The second kappa shape index (κ2) is 4.83. The van der Waals surface area contributed by atoms with Crippen LogP contribution in [0, 0.1) is 0 Å². The van der Waals surface area contributed by atoms with Crippen molar-refractivity contribution in [2.75, 3.05) is 0 Å². The van der Waals surface area contributed by atoms with Crippen molar-refractivity contribution in [1.29, 1.82) is 0 Å². The van der Waals surface area contributed by atoms with Gasteiger partial charge >= 0.3 is 0 Å². The first kappa shape index (κ1) is 12.3. The average Bonchev–Trinajstić information content (AvgIpc) is 2.55. The summed E-state index contributed by atoms with van der Waals surface area (Å²) in [6, 6.07) is 20.1. The molecule has 0 unspecified atom stereocenters. The van der Waals surface area contributed by atoms with Crippen molar-refractivity contribution in [3.05, 3.63) is 71.9 Å². The molecule has 0 bridgehead atoms. The van der Waals surface area contributed by atoms with E-state index in [1.165, 1.54) is 0 Å². The Kier molecular flexibility index (Phi) is 2.83. The summed E-state index contributed by atoms with van der Waals surface area (Å²) in [6.07, 6.45) is 1.72. The molecule has 0 amide bonds. The molecule has 0 fully saturated rings. The first-order chi connectivity index (χ1) is 10.3. The van der Waals surface area contributed by atoms with Gasteiger partial charge in [-0.15, -0.1) is 0 Å². The molecule has 0 saturated carbocycles.